The van der Waals surface area contributed by atoms with E-state index in [0.717, 1.165) is 23.5 Å². The Kier molecular flexibility index (Phi) is 6.65. The maximum atomic E-state index is 5.51. The first-order valence-electron chi connectivity index (χ1n) is 5.84. The van der Waals surface area contributed by atoms with Crippen molar-refractivity contribution < 1.29 is 0 Å². The summed E-state index contributed by atoms with van der Waals surface area (Å²) in [5, 5.41) is 4.14. The van der Waals surface area contributed by atoms with Crippen LogP contribution in [-0.4, -0.2) is 31.1 Å². The van der Waals surface area contributed by atoms with Gasteiger partial charge in [0.05, 0.1) is 0 Å². The quantitative estimate of drug-likeness (QED) is 0.608. The van der Waals surface area contributed by atoms with Crippen LogP contribution in [0.15, 0.2) is 0 Å². The molecule has 0 saturated heterocycles. The van der Waals surface area contributed by atoms with E-state index in [0.29, 0.717) is 0 Å². The standard InChI is InChI=1S/C11H24N2S/c1-13-8-3-2-4-10-5-6-11(10)14-9-7-12/h10-11,13H,2-9,12H2,1H3. The molecule has 0 bridgehead atoms. The van der Waals surface area contributed by atoms with Gasteiger partial charge in [0.1, 0.15) is 0 Å². The lowest BCUT2D eigenvalue weighted by atomic mass is 9.81. The number of unbranched alkanes of at least 4 members (excludes halogenated alkanes) is 1. The van der Waals surface area contributed by atoms with Crippen LogP contribution in [0.25, 0.3) is 0 Å². The van der Waals surface area contributed by atoms with Gasteiger partial charge >= 0.3 is 0 Å². The third kappa shape index (κ3) is 4.20. The molecule has 3 N–H and O–H groups in total. The zero-order valence-corrected chi connectivity index (χ0v) is 10.1. The third-order valence-corrected chi connectivity index (χ3v) is 4.57. The van der Waals surface area contributed by atoms with E-state index >= 15 is 0 Å². The second kappa shape index (κ2) is 7.55. The van der Waals surface area contributed by atoms with Crippen molar-refractivity contribution in [3.05, 3.63) is 0 Å². The molecule has 0 amide bonds. The minimum Gasteiger partial charge on any atom is -0.330 e. The molecule has 1 rings (SSSR count). The van der Waals surface area contributed by atoms with Gasteiger partial charge < -0.3 is 11.1 Å². The van der Waals surface area contributed by atoms with Crippen LogP contribution in [0.5, 0.6) is 0 Å². The van der Waals surface area contributed by atoms with Gasteiger partial charge in [-0.15, -0.1) is 0 Å². The van der Waals surface area contributed by atoms with Gasteiger partial charge in [0.25, 0.3) is 0 Å². The van der Waals surface area contributed by atoms with Gasteiger partial charge in [-0.05, 0) is 45.2 Å². The van der Waals surface area contributed by atoms with Crippen molar-refractivity contribution in [2.45, 2.75) is 37.4 Å². The summed E-state index contributed by atoms with van der Waals surface area (Å²) < 4.78 is 0. The van der Waals surface area contributed by atoms with E-state index in [2.05, 4.69) is 17.1 Å². The lowest BCUT2D eigenvalue weighted by Crippen LogP contribution is -2.29. The van der Waals surface area contributed by atoms with Crippen molar-refractivity contribution in [2.24, 2.45) is 11.7 Å². The number of hydrogen-bond acceptors (Lipinski definition) is 3. The van der Waals surface area contributed by atoms with Gasteiger partial charge in [-0.25, -0.2) is 0 Å². The normalized spacial score (nSPS) is 26.1. The molecule has 2 atom stereocenters. The Bertz CT molecular complexity index is 141. The lowest BCUT2D eigenvalue weighted by molar-refractivity contribution is 0.301. The van der Waals surface area contributed by atoms with E-state index in [4.69, 9.17) is 5.73 Å². The Labute approximate surface area is 92.4 Å². The number of rotatable bonds is 8. The molecule has 0 aromatic rings. The molecule has 84 valence electrons. The monoisotopic (exact) mass is 216 g/mol. The van der Waals surface area contributed by atoms with Crippen LogP contribution in [0, 0.1) is 5.92 Å². The van der Waals surface area contributed by atoms with Crippen molar-refractivity contribution in [3.8, 4) is 0 Å². The van der Waals surface area contributed by atoms with Crippen LogP contribution in [0.3, 0.4) is 0 Å². The molecular weight excluding hydrogens is 192 g/mol. The third-order valence-electron chi connectivity index (χ3n) is 3.05. The van der Waals surface area contributed by atoms with Crippen molar-refractivity contribution in [2.75, 3.05) is 25.9 Å². The van der Waals surface area contributed by atoms with Crippen LogP contribution in [0.2, 0.25) is 0 Å². The average Bonchev–Trinajstić information content (AvgIpc) is 2.16. The highest BCUT2D eigenvalue weighted by Crippen LogP contribution is 2.40. The molecule has 1 aliphatic carbocycles. The Morgan fingerprint density at radius 3 is 2.79 bits per heavy atom. The Balaban J connectivity index is 1.96. The van der Waals surface area contributed by atoms with Crippen LogP contribution < -0.4 is 11.1 Å². The molecule has 0 spiro atoms. The number of thioether (sulfide) groups is 1. The summed E-state index contributed by atoms with van der Waals surface area (Å²) in [6, 6.07) is 0. The summed E-state index contributed by atoms with van der Waals surface area (Å²) in [4.78, 5) is 0. The molecule has 2 nitrogen and oxygen atoms in total. The van der Waals surface area contributed by atoms with E-state index in [1.165, 1.54) is 38.6 Å². The fraction of sp³-hybridized carbons (Fsp3) is 1.00. The Morgan fingerprint density at radius 2 is 2.21 bits per heavy atom. The molecule has 1 saturated carbocycles. The number of nitrogens with one attached hydrogen (secondary N) is 1. The van der Waals surface area contributed by atoms with Gasteiger partial charge in [0, 0.05) is 17.5 Å². The van der Waals surface area contributed by atoms with Crippen molar-refractivity contribution >= 4 is 11.8 Å². The highest BCUT2D eigenvalue weighted by atomic mass is 32.2. The van der Waals surface area contributed by atoms with Gasteiger partial charge in [-0.1, -0.05) is 6.42 Å². The minimum atomic E-state index is 0.841. The van der Waals surface area contributed by atoms with Gasteiger partial charge in [-0.3, -0.25) is 0 Å². The molecule has 0 aliphatic heterocycles. The first-order chi connectivity index (χ1) is 6.88. The van der Waals surface area contributed by atoms with Crippen molar-refractivity contribution in [3.63, 3.8) is 0 Å². The van der Waals surface area contributed by atoms with E-state index in [1.54, 1.807) is 0 Å². The molecule has 0 heterocycles. The predicted octanol–water partition coefficient (Wildman–Crippen LogP) is 1.85. The van der Waals surface area contributed by atoms with Crippen LogP contribution in [-0.2, 0) is 0 Å². The SMILES string of the molecule is CNCCCCC1CCC1SCCN. The van der Waals surface area contributed by atoms with E-state index < -0.39 is 0 Å². The van der Waals surface area contributed by atoms with Crippen molar-refractivity contribution in [1.82, 2.24) is 5.32 Å². The highest BCUT2D eigenvalue weighted by molar-refractivity contribution is 8.00. The average molecular weight is 216 g/mol. The van der Waals surface area contributed by atoms with Gasteiger partial charge in [0.2, 0.25) is 0 Å². The van der Waals surface area contributed by atoms with E-state index in [-0.39, 0.29) is 0 Å². The van der Waals surface area contributed by atoms with Gasteiger partial charge in [0.15, 0.2) is 0 Å². The second-order valence-corrected chi connectivity index (χ2v) is 5.48. The first-order valence-corrected chi connectivity index (χ1v) is 6.89. The molecule has 14 heavy (non-hydrogen) atoms. The summed E-state index contributed by atoms with van der Waals surface area (Å²) in [6.45, 7) is 2.01. The minimum absolute atomic E-state index is 0.841. The van der Waals surface area contributed by atoms with Crippen LogP contribution >= 0.6 is 11.8 Å². The summed E-state index contributed by atoms with van der Waals surface area (Å²) in [7, 11) is 2.03. The summed E-state index contributed by atoms with van der Waals surface area (Å²) in [5.74, 6) is 2.15. The van der Waals surface area contributed by atoms with E-state index in [1.807, 2.05) is 7.05 Å². The maximum Gasteiger partial charge on any atom is 0.00759 e. The van der Waals surface area contributed by atoms with E-state index in [9.17, 15) is 0 Å². The summed E-state index contributed by atoms with van der Waals surface area (Å²) in [5.41, 5.74) is 5.51. The van der Waals surface area contributed by atoms with Crippen LogP contribution in [0.1, 0.15) is 32.1 Å². The topological polar surface area (TPSA) is 38.0 Å². The molecular formula is C11H24N2S. The molecule has 3 heteroatoms. The lowest BCUT2D eigenvalue weighted by Gasteiger charge is -2.36. The Morgan fingerprint density at radius 1 is 1.36 bits per heavy atom. The fourth-order valence-corrected chi connectivity index (χ4v) is 3.30. The van der Waals surface area contributed by atoms with Gasteiger partial charge in [-0.2, -0.15) is 11.8 Å². The maximum absolute atomic E-state index is 5.51. The summed E-state index contributed by atoms with van der Waals surface area (Å²) >= 11 is 2.09. The molecule has 1 fully saturated rings. The second-order valence-electron chi connectivity index (χ2n) is 4.13. The molecule has 0 radical (unpaired) electrons. The number of nitrogens with two attached hydrogens (primary N) is 1. The largest absolute Gasteiger partial charge is 0.330 e. The summed E-state index contributed by atoms with van der Waals surface area (Å²) in [6.07, 6.45) is 7.06. The zero-order valence-electron chi connectivity index (χ0n) is 9.30. The van der Waals surface area contributed by atoms with Crippen molar-refractivity contribution in [1.29, 1.82) is 0 Å². The Hall–Kier alpha value is 0.270. The zero-order chi connectivity index (χ0) is 10.2. The number of hydrogen-bond donors (Lipinski definition) is 2. The molecule has 0 aromatic carbocycles. The highest BCUT2D eigenvalue weighted by Gasteiger charge is 2.29. The molecule has 0 aromatic heterocycles. The predicted molar refractivity (Wildman–Crippen MR) is 65.8 cm³/mol. The van der Waals surface area contributed by atoms with Crippen LogP contribution in [0.4, 0.5) is 0 Å². The molecule has 1 aliphatic rings. The molecule has 2 unspecified atom stereocenters. The fourth-order valence-electron chi connectivity index (χ4n) is 2.02. The first kappa shape index (κ1) is 12.3. The smallest absolute Gasteiger partial charge is 0.00759 e.